The van der Waals surface area contributed by atoms with Gasteiger partial charge in [-0.3, -0.25) is 4.79 Å². The van der Waals surface area contributed by atoms with Crippen molar-refractivity contribution in [2.75, 3.05) is 26.2 Å². The molecule has 0 spiro atoms. The second-order valence-electron chi connectivity index (χ2n) is 7.67. The number of fused-ring (bicyclic) bond motifs is 1. The number of nitrogens with zero attached hydrogens (tertiary/aromatic N) is 3. The average Bonchev–Trinajstić information content (AvgIpc) is 3.37. The lowest BCUT2D eigenvalue weighted by molar-refractivity contribution is 0.0659. The lowest BCUT2D eigenvalue weighted by Crippen LogP contribution is -2.60. The van der Waals surface area contributed by atoms with Crippen LogP contribution in [-0.4, -0.2) is 64.9 Å². The highest BCUT2D eigenvalue weighted by Gasteiger charge is 2.44. The molecule has 0 bridgehead atoms. The van der Waals surface area contributed by atoms with Crippen molar-refractivity contribution in [1.29, 1.82) is 0 Å². The Morgan fingerprint density at radius 3 is 2.69 bits per heavy atom. The number of hydrogen-bond acceptors (Lipinski definition) is 5. The number of pyridine rings is 1. The van der Waals surface area contributed by atoms with E-state index < -0.39 is 15.3 Å². The van der Waals surface area contributed by atoms with Crippen LogP contribution in [0.5, 0.6) is 0 Å². The number of rotatable bonds is 4. The molecule has 0 aromatic carbocycles. The minimum absolute atomic E-state index is 0.0712. The van der Waals surface area contributed by atoms with E-state index in [0.29, 0.717) is 23.9 Å². The van der Waals surface area contributed by atoms with Gasteiger partial charge in [-0.25, -0.2) is 17.7 Å². The number of carbonyl (C=O) groups excluding carboxylic acids is 1. The Labute approximate surface area is 173 Å². The lowest BCUT2D eigenvalue weighted by atomic mass is 9.90. The number of thiophene rings is 1. The monoisotopic (exact) mass is 430 g/mol. The summed E-state index contributed by atoms with van der Waals surface area (Å²) in [6.45, 7) is 1.62. The van der Waals surface area contributed by atoms with Crippen molar-refractivity contribution < 1.29 is 13.2 Å². The van der Waals surface area contributed by atoms with E-state index in [1.165, 1.54) is 16.9 Å². The second kappa shape index (κ2) is 7.23. The van der Waals surface area contributed by atoms with Crippen LogP contribution in [0.3, 0.4) is 0 Å². The lowest BCUT2D eigenvalue weighted by Gasteiger charge is -2.42. The number of carbonyl (C=O) groups is 1. The van der Waals surface area contributed by atoms with Crippen LogP contribution in [-0.2, 0) is 10.0 Å². The summed E-state index contributed by atoms with van der Waals surface area (Å²) in [7, 11) is -3.37. The molecule has 5 rings (SSSR count). The molecular formula is C20H22N4O3S2. The van der Waals surface area contributed by atoms with Crippen molar-refractivity contribution in [3.63, 3.8) is 0 Å². The summed E-state index contributed by atoms with van der Waals surface area (Å²) in [4.78, 5) is 22.2. The molecule has 3 aromatic rings. The maximum atomic E-state index is 13.0. The Morgan fingerprint density at radius 2 is 1.97 bits per heavy atom. The molecule has 0 aliphatic carbocycles. The van der Waals surface area contributed by atoms with Crippen LogP contribution in [0, 0.1) is 0 Å². The van der Waals surface area contributed by atoms with Crippen LogP contribution in [0.4, 0.5) is 0 Å². The van der Waals surface area contributed by atoms with Gasteiger partial charge in [-0.1, -0.05) is 6.07 Å². The van der Waals surface area contributed by atoms with Crippen molar-refractivity contribution in [2.24, 2.45) is 0 Å². The summed E-state index contributed by atoms with van der Waals surface area (Å²) < 4.78 is 27.6. The predicted molar refractivity (Wildman–Crippen MR) is 113 cm³/mol. The third-order valence-corrected chi connectivity index (χ3v) is 9.11. The zero-order chi connectivity index (χ0) is 20.0. The predicted octanol–water partition coefficient (Wildman–Crippen LogP) is 2.66. The molecule has 152 valence electrons. The van der Waals surface area contributed by atoms with E-state index >= 15 is 0 Å². The highest BCUT2D eigenvalue weighted by Crippen LogP contribution is 2.34. The molecule has 0 saturated carbocycles. The fraction of sp³-hybridized carbons (Fsp3) is 0.400. The zero-order valence-corrected chi connectivity index (χ0v) is 17.5. The Hall–Kier alpha value is -2.23. The first-order valence-corrected chi connectivity index (χ1v) is 12.2. The molecule has 3 aromatic heterocycles. The van der Waals surface area contributed by atoms with Gasteiger partial charge in [0.2, 0.25) is 10.0 Å². The van der Waals surface area contributed by atoms with Crippen molar-refractivity contribution in [1.82, 2.24) is 19.2 Å². The molecule has 2 saturated heterocycles. The van der Waals surface area contributed by atoms with Crippen molar-refractivity contribution in [3.8, 4) is 0 Å². The van der Waals surface area contributed by atoms with Gasteiger partial charge in [0.05, 0.1) is 4.88 Å². The first kappa shape index (κ1) is 18.8. The molecule has 1 N–H and O–H groups in total. The van der Waals surface area contributed by atoms with E-state index in [0.717, 1.165) is 23.9 Å². The molecule has 29 heavy (non-hydrogen) atoms. The molecule has 0 atom stereocenters. The van der Waals surface area contributed by atoms with E-state index in [9.17, 15) is 13.2 Å². The second-order valence-corrected chi connectivity index (χ2v) is 10.8. The fourth-order valence-corrected chi connectivity index (χ4v) is 6.86. The summed E-state index contributed by atoms with van der Waals surface area (Å²) in [6.07, 6.45) is 5.37. The van der Waals surface area contributed by atoms with Crippen molar-refractivity contribution in [2.45, 2.75) is 24.0 Å². The van der Waals surface area contributed by atoms with E-state index in [-0.39, 0.29) is 19.0 Å². The van der Waals surface area contributed by atoms with Gasteiger partial charge in [0.15, 0.2) is 0 Å². The standard InChI is InChI=1S/C20H22N4O3S2/c25-20(18-4-2-10-28-18)23-12-15(13-23)29(26,27)24-8-5-14(6-9-24)17-11-22-19-16(17)3-1-7-21-19/h1-4,7,10-11,14-15H,5-6,8-9,12-13H2,(H,21,22). The number of hydrogen-bond donors (Lipinski definition) is 1. The minimum Gasteiger partial charge on any atom is -0.346 e. The summed E-state index contributed by atoms with van der Waals surface area (Å²) in [5.41, 5.74) is 2.10. The highest BCUT2D eigenvalue weighted by atomic mass is 32.2. The number of aromatic amines is 1. The Balaban J connectivity index is 1.21. The van der Waals surface area contributed by atoms with Crippen LogP contribution < -0.4 is 0 Å². The normalized spacial score (nSPS) is 19.5. The van der Waals surface area contributed by atoms with Crippen LogP contribution in [0.15, 0.2) is 42.0 Å². The highest BCUT2D eigenvalue weighted by molar-refractivity contribution is 7.89. The Morgan fingerprint density at radius 1 is 1.17 bits per heavy atom. The number of aromatic nitrogens is 2. The largest absolute Gasteiger partial charge is 0.346 e. The third-order valence-electron chi connectivity index (χ3n) is 6.03. The molecule has 0 radical (unpaired) electrons. The van der Waals surface area contributed by atoms with Crippen LogP contribution in [0.1, 0.15) is 34.0 Å². The van der Waals surface area contributed by atoms with E-state index in [1.807, 2.05) is 23.7 Å². The summed E-state index contributed by atoms with van der Waals surface area (Å²) in [5.74, 6) is 0.260. The van der Waals surface area contributed by atoms with Crippen LogP contribution >= 0.6 is 11.3 Å². The number of nitrogens with one attached hydrogen (secondary N) is 1. The van der Waals surface area contributed by atoms with Gasteiger partial charge in [-0.05, 0) is 47.9 Å². The molecule has 5 heterocycles. The Bertz CT molecular complexity index is 1130. The first-order chi connectivity index (χ1) is 14.0. The third kappa shape index (κ3) is 3.27. The van der Waals surface area contributed by atoms with Crippen molar-refractivity contribution in [3.05, 3.63) is 52.5 Å². The molecular weight excluding hydrogens is 408 g/mol. The molecule has 2 aliphatic heterocycles. The van der Waals surface area contributed by atoms with E-state index in [4.69, 9.17) is 0 Å². The van der Waals surface area contributed by atoms with Crippen LogP contribution in [0.25, 0.3) is 11.0 Å². The Kier molecular flexibility index (Phi) is 4.68. The zero-order valence-electron chi connectivity index (χ0n) is 15.8. The molecule has 1 amide bonds. The topological polar surface area (TPSA) is 86.4 Å². The quantitative estimate of drug-likeness (QED) is 0.689. The summed E-state index contributed by atoms with van der Waals surface area (Å²) in [5, 5.41) is 2.49. The van der Waals surface area contributed by atoms with Gasteiger partial charge in [-0.2, -0.15) is 0 Å². The number of sulfonamides is 1. The maximum Gasteiger partial charge on any atom is 0.264 e. The van der Waals surface area contributed by atoms with Gasteiger partial charge >= 0.3 is 0 Å². The summed E-state index contributed by atoms with van der Waals surface area (Å²) in [6, 6.07) is 7.60. The van der Waals surface area contributed by atoms with Gasteiger partial charge in [0.25, 0.3) is 5.91 Å². The maximum absolute atomic E-state index is 13.0. The van der Waals surface area contributed by atoms with E-state index in [2.05, 4.69) is 16.0 Å². The molecule has 9 heteroatoms. The smallest absolute Gasteiger partial charge is 0.264 e. The fourth-order valence-electron chi connectivity index (χ4n) is 4.30. The number of likely N-dealkylation sites (tertiary alicyclic amines) is 1. The molecule has 2 aliphatic rings. The molecule has 0 unspecified atom stereocenters. The van der Waals surface area contributed by atoms with E-state index in [1.54, 1.807) is 21.5 Å². The summed E-state index contributed by atoms with van der Waals surface area (Å²) >= 11 is 1.39. The number of H-pyrrole nitrogens is 1. The van der Waals surface area contributed by atoms with Crippen LogP contribution in [0.2, 0.25) is 0 Å². The molecule has 7 nitrogen and oxygen atoms in total. The molecule has 2 fully saturated rings. The number of piperidine rings is 1. The number of amides is 1. The van der Waals surface area contributed by atoms with Gasteiger partial charge in [0.1, 0.15) is 10.9 Å². The van der Waals surface area contributed by atoms with Gasteiger partial charge < -0.3 is 9.88 Å². The van der Waals surface area contributed by atoms with Gasteiger partial charge in [-0.15, -0.1) is 11.3 Å². The average molecular weight is 431 g/mol. The van der Waals surface area contributed by atoms with Gasteiger partial charge in [0, 0.05) is 44.0 Å². The minimum atomic E-state index is -3.37. The van der Waals surface area contributed by atoms with Crippen molar-refractivity contribution >= 4 is 38.3 Å². The first-order valence-electron chi connectivity index (χ1n) is 9.78. The SMILES string of the molecule is O=C(c1cccs1)N1CC(S(=O)(=O)N2CCC(c3c[nH]c4ncccc34)CC2)C1.